The molecule has 0 aromatic heterocycles. The van der Waals surface area contributed by atoms with Gasteiger partial charge in [0, 0.05) is 6.04 Å². The number of rotatable bonds is 8. The van der Waals surface area contributed by atoms with Crippen LogP contribution in [0.1, 0.15) is 45.7 Å². The minimum atomic E-state index is -0.435. The normalized spacial score (nSPS) is 12.2. The van der Waals surface area contributed by atoms with Crippen molar-refractivity contribution in [2.45, 2.75) is 46.2 Å². The highest BCUT2D eigenvalue weighted by atomic mass is 16.5. The lowest BCUT2D eigenvalue weighted by molar-refractivity contribution is -0.146. The molecule has 1 atom stereocenters. The van der Waals surface area contributed by atoms with Gasteiger partial charge in [0.05, 0.1) is 13.2 Å². The number of benzene rings is 1. The van der Waals surface area contributed by atoms with Gasteiger partial charge in [-0.2, -0.15) is 0 Å². The van der Waals surface area contributed by atoms with Crippen molar-refractivity contribution in [3.8, 4) is 5.75 Å². The van der Waals surface area contributed by atoms with Crippen LogP contribution in [0.3, 0.4) is 0 Å². The molecule has 0 aliphatic rings. The zero-order valence-corrected chi connectivity index (χ0v) is 12.8. The van der Waals surface area contributed by atoms with Gasteiger partial charge in [0.2, 0.25) is 0 Å². The first-order valence-electron chi connectivity index (χ1n) is 7.23. The van der Waals surface area contributed by atoms with Gasteiger partial charge in [0.1, 0.15) is 11.8 Å². The van der Waals surface area contributed by atoms with Crippen LogP contribution in [0.4, 0.5) is 0 Å². The lowest BCUT2D eigenvalue weighted by Gasteiger charge is -2.20. The fourth-order valence-corrected chi connectivity index (χ4v) is 1.84. The van der Waals surface area contributed by atoms with Crippen LogP contribution in [0.2, 0.25) is 0 Å². The maximum atomic E-state index is 12.0. The third-order valence-corrected chi connectivity index (χ3v) is 2.71. The van der Waals surface area contributed by atoms with E-state index in [1.807, 2.05) is 45.0 Å². The van der Waals surface area contributed by atoms with Crippen molar-refractivity contribution in [1.29, 1.82) is 0 Å². The zero-order valence-electron chi connectivity index (χ0n) is 12.8. The fourth-order valence-electron chi connectivity index (χ4n) is 1.84. The number of esters is 1. The molecule has 0 fully saturated rings. The van der Waals surface area contributed by atoms with Gasteiger partial charge in [-0.15, -0.1) is 0 Å². The van der Waals surface area contributed by atoms with Crippen LogP contribution in [0, 0.1) is 0 Å². The molecule has 1 aromatic rings. The Balaban J connectivity index is 2.81. The van der Waals surface area contributed by atoms with Crippen LogP contribution < -0.4 is 10.1 Å². The molecule has 1 unspecified atom stereocenters. The van der Waals surface area contributed by atoms with Crippen molar-refractivity contribution in [2.24, 2.45) is 0 Å². The highest BCUT2D eigenvalue weighted by molar-refractivity contribution is 5.77. The van der Waals surface area contributed by atoms with Crippen molar-refractivity contribution in [2.75, 3.05) is 13.2 Å². The zero-order chi connectivity index (χ0) is 15.0. The molecule has 1 N–H and O–H groups in total. The average molecular weight is 279 g/mol. The maximum absolute atomic E-state index is 12.0. The summed E-state index contributed by atoms with van der Waals surface area (Å²) in [5.74, 6) is 0.575. The SMILES string of the molecule is CCCOc1ccc(C(NC(C)C)C(=O)OCC)cc1. The van der Waals surface area contributed by atoms with Gasteiger partial charge in [0.25, 0.3) is 0 Å². The van der Waals surface area contributed by atoms with Crippen molar-refractivity contribution >= 4 is 5.97 Å². The van der Waals surface area contributed by atoms with E-state index in [0.29, 0.717) is 13.2 Å². The Labute approximate surface area is 121 Å². The minimum absolute atomic E-state index is 0.195. The van der Waals surface area contributed by atoms with Crippen molar-refractivity contribution < 1.29 is 14.3 Å². The van der Waals surface area contributed by atoms with E-state index in [9.17, 15) is 4.79 Å². The molecule has 0 heterocycles. The van der Waals surface area contributed by atoms with Gasteiger partial charge in [0.15, 0.2) is 0 Å². The summed E-state index contributed by atoms with van der Waals surface area (Å²) in [6, 6.07) is 7.35. The number of nitrogens with one attached hydrogen (secondary N) is 1. The van der Waals surface area contributed by atoms with E-state index in [2.05, 4.69) is 12.2 Å². The average Bonchev–Trinajstić information content (AvgIpc) is 2.43. The molecule has 0 radical (unpaired) electrons. The van der Waals surface area contributed by atoms with Gasteiger partial charge >= 0.3 is 5.97 Å². The van der Waals surface area contributed by atoms with Crippen molar-refractivity contribution in [3.63, 3.8) is 0 Å². The van der Waals surface area contributed by atoms with Crippen LogP contribution in [-0.4, -0.2) is 25.2 Å². The maximum Gasteiger partial charge on any atom is 0.327 e. The van der Waals surface area contributed by atoms with Crippen LogP contribution in [0.5, 0.6) is 5.75 Å². The Bertz CT molecular complexity index is 401. The molecule has 1 rings (SSSR count). The number of ether oxygens (including phenoxy) is 2. The monoisotopic (exact) mass is 279 g/mol. The molecule has 0 saturated heterocycles. The molecule has 0 saturated carbocycles. The highest BCUT2D eigenvalue weighted by Crippen LogP contribution is 2.20. The Kier molecular flexibility index (Phi) is 7.09. The van der Waals surface area contributed by atoms with E-state index in [1.165, 1.54) is 0 Å². The number of carbonyl (C=O) groups excluding carboxylic acids is 1. The Morgan fingerprint density at radius 2 is 1.85 bits per heavy atom. The van der Waals surface area contributed by atoms with Gasteiger partial charge < -0.3 is 9.47 Å². The summed E-state index contributed by atoms with van der Waals surface area (Å²) in [5, 5.41) is 3.23. The summed E-state index contributed by atoms with van der Waals surface area (Å²) < 4.78 is 10.7. The summed E-state index contributed by atoms with van der Waals surface area (Å²) in [4.78, 5) is 12.0. The molecule has 112 valence electrons. The third kappa shape index (κ3) is 5.21. The molecule has 0 bridgehead atoms. The standard InChI is InChI=1S/C16H25NO3/c1-5-11-20-14-9-7-13(8-10-14)15(17-12(3)4)16(18)19-6-2/h7-10,12,15,17H,5-6,11H2,1-4H3. The lowest BCUT2D eigenvalue weighted by Crippen LogP contribution is -2.34. The molecule has 0 spiro atoms. The van der Waals surface area contributed by atoms with Crippen LogP contribution >= 0.6 is 0 Å². The molecule has 0 aliphatic heterocycles. The lowest BCUT2D eigenvalue weighted by atomic mass is 10.1. The van der Waals surface area contributed by atoms with E-state index in [4.69, 9.17) is 9.47 Å². The van der Waals surface area contributed by atoms with Crippen molar-refractivity contribution in [1.82, 2.24) is 5.32 Å². The smallest absolute Gasteiger partial charge is 0.327 e. The summed E-state index contributed by atoms with van der Waals surface area (Å²) in [6.45, 7) is 8.97. The number of carbonyl (C=O) groups is 1. The second-order valence-corrected chi connectivity index (χ2v) is 4.92. The van der Waals surface area contributed by atoms with Crippen LogP contribution in [0.15, 0.2) is 24.3 Å². The number of hydrogen-bond acceptors (Lipinski definition) is 4. The number of hydrogen-bond donors (Lipinski definition) is 1. The Hall–Kier alpha value is -1.55. The third-order valence-electron chi connectivity index (χ3n) is 2.71. The van der Waals surface area contributed by atoms with Gasteiger partial charge in [-0.3, -0.25) is 5.32 Å². The minimum Gasteiger partial charge on any atom is -0.494 e. The van der Waals surface area contributed by atoms with E-state index in [-0.39, 0.29) is 12.0 Å². The fraction of sp³-hybridized carbons (Fsp3) is 0.562. The molecular formula is C16H25NO3. The predicted molar refractivity (Wildman–Crippen MR) is 79.9 cm³/mol. The summed E-state index contributed by atoms with van der Waals surface area (Å²) >= 11 is 0. The van der Waals surface area contributed by atoms with Gasteiger partial charge in [-0.05, 0) is 44.9 Å². The van der Waals surface area contributed by atoms with E-state index in [0.717, 1.165) is 17.7 Å². The quantitative estimate of drug-likeness (QED) is 0.743. The van der Waals surface area contributed by atoms with E-state index in [1.54, 1.807) is 0 Å². The topological polar surface area (TPSA) is 47.6 Å². The van der Waals surface area contributed by atoms with Gasteiger partial charge in [-0.25, -0.2) is 4.79 Å². The second-order valence-electron chi connectivity index (χ2n) is 4.92. The summed E-state index contributed by atoms with van der Waals surface area (Å²) in [6.07, 6.45) is 0.974. The van der Waals surface area contributed by atoms with Crippen LogP contribution in [0.25, 0.3) is 0 Å². The molecule has 20 heavy (non-hydrogen) atoms. The molecular weight excluding hydrogens is 254 g/mol. The predicted octanol–water partition coefficient (Wildman–Crippen LogP) is 3.08. The molecule has 4 nitrogen and oxygen atoms in total. The summed E-state index contributed by atoms with van der Waals surface area (Å²) in [7, 11) is 0. The van der Waals surface area contributed by atoms with Crippen molar-refractivity contribution in [3.05, 3.63) is 29.8 Å². The molecule has 0 amide bonds. The summed E-state index contributed by atoms with van der Waals surface area (Å²) in [5.41, 5.74) is 0.890. The highest BCUT2D eigenvalue weighted by Gasteiger charge is 2.22. The largest absolute Gasteiger partial charge is 0.494 e. The second kappa shape index (κ2) is 8.59. The molecule has 0 aliphatic carbocycles. The first-order valence-corrected chi connectivity index (χ1v) is 7.23. The molecule has 4 heteroatoms. The molecule has 1 aromatic carbocycles. The van der Waals surface area contributed by atoms with Crippen LogP contribution in [-0.2, 0) is 9.53 Å². The Morgan fingerprint density at radius 3 is 2.35 bits per heavy atom. The Morgan fingerprint density at radius 1 is 1.20 bits per heavy atom. The van der Waals surface area contributed by atoms with Gasteiger partial charge in [-0.1, -0.05) is 19.1 Å². The van der Waals surface area contributed by atoms with E-state index < -0.39 is 6.04 Å². The first-order chi connectivity index (χ1) is 9.58. The first kappa shape index (κ1) is 16.5. The van der Waals surface area contributed by atoms with E-state index >= 15 is 0 Å².